The zero-order valence-corrected chi connectivity index (χ0v) is 27.0. The highest BCUT2D eigenvalue weighted by Gasteiger charge is 2.30. The van der Waals surface area contributed by atoms with Gasteiger partial charge in [-0.1, -0.05) is 55.5 Å². The minimum Gasteiger partial charge on any atom is -0.379 e. The maximum Gasteiger partial charge on any atom is 0.211 e. The molecule has 2 aromatic carbocycles. The number of ether oxygens (including phenoxy) is 1. The highest BCUT2D eigenvalue weighted by molar-refractivity contribution is 7.88. The van der Waals surface area contributed by atoms with Gasteiger partial charge in [0.2, 0.25) is 10.0 Å². The Morgan fingerprint density at radius 2 is 1.88 bits per heavy atom. The van der Waals surface area contributed by atoms with Crippen LogP contribution in [0.15, 0.2) is 42.5 Å². The van der Waals surface area contributed by atoms with Crippen molar-refractivity contribution in [3.05, 3.63) is 75.4 Å². The van der Waals surface area contributed by atoms with E-state index in [0.29, 0.717) is 36.0 Å². The number of rotatable bonds is 10. The fourth-order valence-electron chi connectivity index (χ4n) is 5.61. The molecule has 1 aromatic heterocycles. The average molecular weight is 624 g/mol. The number of morpholine rings is 1. The molecule has 0 amide bonds. The predicted molar refractivity (Wildman–Crippen MR) is 172 cm³/mol. The quantitative estimate of drug-likeness (QED) is 0.338. The van der Waals surface area contributed by atoms with E-state index in [1.807, 2.05) is 30.3 Å². The van der Waals surface area contributed by atoms with E-state index in [2.05, 4.69) is 52.7 Å². The van der Waals surface area contributed by atoms with Crippen molar-refractivity contribution in [3.63, 3.8) is 0 Å². The summed E-state index contributed by atoms with van der Waals surface area (Å²) in [7, 11) is -3.33. The van der Waals surface area contributed by atoms with Gasteiger partial charge >= 0.3 is 0 Å². The fraction of sp³-hybridized carbons (Fsp3) is 0.485. The summed E-state index contributed by atoms with van der Waals surface area (Å²) in [5, 5.41) is 9.11. The molecule has 2 aliphatic rings. The van der Waals surface area contributed by atoms with Crippen LogP contribution in [-0.2, 0) is 40.8 Å². The number of nitrogens with zero attached hydrogens (tertiary/aromatic N) is 4. The molecular weight excluding hydrogens is 582 g/mol. The van der Waals surface area contributed by atoms with Gasteiger partial charge in [-0.15, -0.1) is 0 Å². The Labute approximate surface area is 261 Å². The van der Waals surface area contributed by atoms with Crippen LogP contribution < -0.4 is 5.32 Å². The molecule has 10 heteroatoms. The summed E-state index contributed by atoms with van der Waals surface area (Å²) in [5.41, 5.74) is 6.60. The van der Waals surface area contributed by atoms with Gasteiger partial charge in [-0.05, 0) is 48.7 Å². The molecule has 5 rings (SSSR count). The first kappa shape index (κ1) is 31.7. The van der Waals surface area contributed by atoms with Crippen molar-refractivity contribution < 1.29 is 13.2 Å². The number of halogens is 1. The lowest BCUT2D eigenvalue weighted by molar-refractivity contribution is 0.0368. The number of fused-ring (bicyclic) bond motifs is 1. The van der Waals surface area contributed by atoms with E-state index < -0.39 is 10.0 Å². The monoisotopic (exact) mass is 623 g/mol. The Hall–Kier alpha value is -2.71. The molecule has 0 atom stereocenters. The van der Waals surface area contributed by atoms with Gasteiger partial charge in [0.25, 0.3) is 0 Å². The maximum atomic E-state index is 12.5. The fourth-order valence-corrected chi connectivity index (χ4v) is 6.56. The summed E-state index contributed by atoms with van der Waals surface area (Å²) in [6.07, 6.45) is 2.87. The summed E-state index contributed by atoms with van der Waals surface area (Å²) in [4.78, 5) is 2.42. The molecule has 3 aromatic rings. The Balaban J connectivity index is 1.40. The number of benzene rings is 2. The molecule has 230 valence electrons. The lowest BCUT2D eigenvalue weighted by Gasteiger charge is -2.27. The van der Waals surface area contributed by atoms with Gasteiger partial charge in [-0.2, -0.15) is 9.40 Å². The van der Waals surface area contributed by atoms with E-state index in [0.717, 1.165) is 87.0 Å². The largest absolute Gasteiger partial charge is 0.379 e. The molecule has 2 aliphatic heterocycles. The summed E-state index contributed by atoms with van der Waals surface area (Å²) >= 11 is 6.61. The molecule has 1 N–H and O–H groups in total. The third-order valence-electron chi connectivity index (χ3n) is 7.91. The number of nitrogens with one attached hydrogen (secondary N) is 1. The van der Waals surface area contributed by atoms with Crippen molar-refractivity contribution in [3.8, 4) is 23.1 Å². The number of hydrogen-bond donors (Lipinski definition) is 1. The molecule has 0 spiro atoms. The van der Waals surface area contributed by atoms with Gasteiger partial charge in [0, 0.05) is 80.2 Å². The molecule has 0 saturated carbocycles. The van der Waals surface area contributed by atoms with E-state index in [9.17, 15) is 8.42 Å². The molecule has 43 heavy (non-hydrogen) atoms. The topological polar surface area (TPSA) is 79.7 Å². The first-order valence-corrected chi connectivity index (χ1v) is 17.4. The van der Waals surface area contributed by atoms with E-state index in [1.54, 1.807) is 0 Å². The summed E-state index contributed by atoms with van der Waals surface area (Å²) in [6, 6.07) is 14.0. The van der Waals surface area contributed by atoms with Crippen LogP contribution in [0.3, 0.4) is 0 Å². The average Bonchev–Trinajstić information content (AvgIpc) is 3.35. The second-order valence-electron chi connectivity index (χ2n) is 11.8. The van der Waals surface area contributed by atoms with Crippen molar-refractivity contribution in [2.75, 3.05) is 52.2 Å². The van der Waals surface area contributed by atoms with Gasteiger partial charge in [-0.3, -0.25) is 9.58 Å². The van der Waals surface area contributed by atoms with Crippen LogP contribution in [0.4, 0.5) is 0 Å². The number of sulfonamides is 1. The van der Waals surface area contributed by atoms with Gasteiger partial charge in [0.15, 0.2) is 0 Å². The van der Waals surface area contributed by atoms with Crippen molar-refractivity contribution in [2.45, 2.75) is 46.3 Å². The molecular formula is C33H42ClN5O3S. The SMILES string of the molecule is CC(C)CNCc1cccc(C#Cc2cc(-c3nn(CCCN4CCOCC4)c4c3CN(S(C)(=O)=O)CC4)ccc2Cl)c1. The standard InChI is InChI=1S/C33H42ClN5O3S/c1-25(2)22-35-23-27-7-4-6-26(20-27)8-9-28-21-29(10-11-31(28)34)33-30-24-38(43(3,40)41)15-12-32(30)39(36-33)14-5-13-37-16-18-42-19-17-37/h4,6-7,10-11,20-21,25,35H,5,12-19,22-24H2,1-3H3. The minimum absolute atomic E-state index is 0.314. The smallest absolute Gasteiger partial charge is 0.211 e. The van der Waals surface area contributed by atoms with Crippen LogP contribution in [-0.4, -0.2) is 79.6 Å². The van der Waals surface area contributed by atoms with Crippen molar-refractivity contribution >= 4 is 21.6 Å². The third kappa shape index (κ3) is 8.48. The Kier molecular flexibility index (Phi) is 10.6. The Bertz CT molecular complexity index is 1590. The molecule has 0 unspecified atom stereocenters. The number of aromatic nitrogens is 2. The second kappa shape index (κ2) is 14.4. The zero-order chi connectivity index (χ0) is 30.4. The van der Waals surface area contributed by atoms with Gasteiger partial charge < -0.3 is 10.1 Å². The van der Waals surface area contributed by atoms with Gasteiger partial charge in [0.05, 0.1) is 30.2 Å². The summed E-state index contributed by atoms with van der Waals surface area (Å²) < 4.78 is 34.1. The first-order chi connectivity index (χ1) is 20.7. The third-order valence-corrected chi connectivity index (χ3v) is 9.49. The highest BCUT2D eigenvalue weighted by atomic mass is 35.5. The summed E-state index contributed by atoms with van der Waals surface area (Å²) in [6.45, 7) is 12.2. The molecule has 0 bridgehead atoms. The molecule has 8 nitrogen and oxygen atoms in total. The minimum atomic E-state index is -3.33. The second-order valence-corrected chi connectivity index (χ2v) is 14.2. The molecule has 3 heterocycles. The predicted octanol–water partition coefficient (Wildman–Crippen LogP) is 4.39. The Morgan fingerprint density at radius 3 is 2.65 bits per heavy atom. The Morgan fingerprint density at radius 1 is 1.07 bits per heavy atom. The highest BCUT2D eigenvalue weighted by Crippen LogP contribution is 2.33. The molecule has 0 aliphatic carbocycles. The van der Waals surface area contributed by atoms with Crippen LogP contribution >= 0.6 is 11.6 Å². The van der Waals surface area contributed by atoms with E-state index in [1.165, 1.54) is 16.1 Å². The zero-order valence-electron chi connectivity index (χ0n) is 25.4. The van der Waals surface area contributed by atoms with Crippen LogP contribution in [0, 0.1) is 17.8 Å². The van der Waals surface area contributed by atoms with E-state index in [4.69, 9.17) is 21.4 Å². The van der Waals surface area contributed by atoms with Crippen LogP contribution in [0.25, 0.3) is 11.3 Å². The van der Waals surface area contributed by atoms with E-state index in [-0.39, 0.29) is 0 Å². The molecule has 1 saturated heterocycles. The van der Waals surface area contributed by atoms with Crippen molar-refractivity contribution in [1.82, 2.24) is 24.3 Å². The first-order valence-electron chi connectivity index (χ1n) is 15.1. The van der Waals surface area contributed by atoms with Crippen molar-refractivity contribution in [2.24, 2.45) is 5.92 Å². The number of hydrogen-bond acceptors (Lipinski definition) is 6. The van der Waals surface area contributed by atoms with Crippen LogP contribution in [0.5, 0.6) is 0 Å². The molecule has 0 radical (unpaired) electrons. The number of aryl methyl sites for hydroxylation is 1. The van der Waals surface area contributed by atoms with Crippen LogP contribution in [0.2, 0.25) is 5.02 Å². The maximum absolute atomic E-state index is 12.5. The van der Waals surface area contributed by atoms with Gasteiger partial charge in [0.1, 0.15) is 0 Å². The van der Waals surface area contributed by atoms with E-state index >= 15 is 0 Å². The molecule has 1 fully saturated rings. The van der Waals surface area contributed by atoms with Gasteiger partial charge in [-0.25, -0.2) is 8.42 Å². The summed E-state index contributed by atoms with van der Waals surface area (Å²) in [5.74, 6) is 7.15. The lowest BCUT2D eigenvalue weighted by atomic mass is 10.0. The van der Waals surface area contributed by atoms with Crippen molar-refractivity contribution in [1.29, 1.82) is 0 Å². The lowest BCUT2D eigenvalue weighted by Crippen LogP contribution is -2.37. The normalized spacial score (nSPS) is 16.2. The van der Waals surface area contributed by atoms with Crippen LogP contribution in [0.1, 0.15) is 48.2 Å².